The number of carboxylic acid groups (broad SMARTS) is 1. The maximum atomic E-state index is 10.4. The van der Waals surface area contributed by atoms with Gasteiger partial charge >= 0.3 is 5.97 Å². The molecule has 1 aliphatic rings. The van der Waals surface area contributed by atoms with Crippen LogP contribution in [0.15, 0.2) is 8.96 Å². The van der Waals surface area contributed by atoms with Crippen LogP contribution in [0.1, 0.15) is 12.8 Å². The van der Waals surface area contributed by atoms with Crippen LogP contribution in [0.2, 0.25) is 0 Å². The highest BCUT2D eigenvalue weighted by atomic mass is 79.9. The molecular formula is C6H6Br2O2. The van der Waals surface area contributed by atoms with E-state index in [1.807, 2.05) is 0 Å². The van der Waals surface area contributed by atoms with Crippen LogP contribution in [-0.2, 0) is 4.79 Å². The molecule has 1 aliphatic carbocycles. The number of aliphatic carboxylic acids is 1. The Kier molecular flexibility index (Phi) is 2.52. The Morgan fingerprint density at radius 2 is 1.80 bits per heavy atom. The topological polar surface area (TPSA) is 37.3 Å². The molecule has 0 spiro atoms. The molecule has 0 fully saturated rings. The average molecular weight is 270 g/mol. The van der Waals surface area contributed by atoms with Crippen LogP contribution in [0.25, 0.3) is 0 Å². The van der Waals surface area contributed by atoms with Gasteiger partial charge in [0.25, 0.3) is 0 Å². The number of hydrogen-bond donors (Lipinski definition) is 1. The molecule has 0 unspecified atom stereocenters. The lowest BCUT2D eigenvalue weighted by molar-refractivity contribution is -0.141. The zero-order chi connectivity index (χ0) is 7.72. The Balaban J connectivity index is 2.59. The Hall–Kier alpha value is 0.170. The van der Waals surface area contributed by atoms with Crippen LogP contribution >= 0.6 is 31.9 Å². The van der Waals surface area contributed by atoms with Gasteiger partial charge in [-0.05, 0) is 12.8 Å². The standard InChI is InChI=1S/C6H6Br2O2/c7-4-1-3(6(9)10)2-5(4)8/h3H,1-2H2,(H,9,10). The molecule has 0 aromatic carbocycles. The highest BCUT2D eigenvalue weighted by molar-refractivity contribution is 9.14. The number of hydrogen-bond acceptors (Lipinski definition) is 1. The number of halogens is 2. The maximum absolute atomic E-state index is 10.4. The van der Waals surface area contributed by atoms with Crippen molar-refractivity contribution in [3.8, 4) is 0 Å². The fraction of sp³-hybridized carbons (Fsp3) is 0.500. The van der Waals surface area contributed by atoms with Gasteiger partial charge < -0.3 is 5.11 Å². The zero-order valence-corrected chi connectivity index (χ0v) is 8.27. The molecular weight excluding hydrogens is 264 g/mol. The lowest BCUT2D eigenvalue weighted by atomic mass is 10.1. The van der Waals surface area contributed by atoms with E-state index in [1.54, 1.807) is 0 Å². The Labute approximate surface area is 75.6 Å². The minimum absolute atomic E-state index is 0.233. The van der Waals surface area contributed by atoms with E-state index in [9.17, 15) is 4.79 Å². The van der Waals surface area contributed by atoms with E-state index in [2.05, 4.69) is 31.9 Å². The Bertz CT molecular complexity index is 184. The van der Waals surface area contributed by atoms with Crippen LogP contribution in [0.3, 0.4) is 0 Å². The van der Waals surface area contributed by atoms with Gasteiger partial charge in [0.2, 0.25) is 0 Å². The molecule has 0 heterocycles. The van der Waals surface area contributed by atoms with Crippen LogP contribution in [0.5, 0.6) is 0 Å². The molecule has 0 radical (unpaired) electrons. The molecule has 0 amide bonds. The SMILES string of the molecule is O=C(O)C1CC(Br)=C(Br)C1. The molecule has 0 aliphatic heterocycles. The number of carbonyl (C=O) groups is 1. The highest BCUT2D eigenvalue weighted by Gasteiger charge is 2.26. The molecule has 56 valence electrons. The fourth-order valence-electron chi connectivity index (χ4n) is 0.901. The quantitative estimate of drug-likeness (QED) is 0.794. The smallest absolute Gasteiger partial charge is 0.307 e. The summed E-state index contributed by atoms with van der Waals surface area (Å²) >= 11 is 6.56. The van der Waals surface area contributed by atoms with Gasteiger partial charge in [-0.1, -0.05) is 31.9 Å². The second-order valence-corrected chi connectivity index (χ2v) is 4.17. The summed E-state index contributed by atoms with van der Waals surface area (Å²) in [6, 6.07) is 0. The van der Waals surface area contributed by atoms with Gasteiger partial charge in [-0.2, -0.15) is 0 Å². The molecule has 0 aromatic rings. The summed E-state index contributed by atoms with van der Waals surface area (Å²) in [6.07, 6.45) is 1.24. The van der Waals surface area contributed by atoms with Gasteiger partial charge in [0.1, 0.15) is 0 Å². The van der Waals surface area contributed by atoms with Crippen molar-refractivity contribution in [2.24, 2.45) is 5.92 Å². The molecule has 0 saturated heterocycles. The lowest BCUT2D eigenvalue weighted by Crippen LogP contribution is -2.09. The monoisotopic (exact) mass is 268 g/mol. The van der Waals surface area contributed by atoms with E-state index in [1.165, 1.54) is 0 Å². The molecule has 1 rings (SSSR count). The van der Waals surface area contributed by atoms with E-state index >= 15 is 0 Å². The van der Waals surface area contributed by atoms with Crippen molar-refractivity contribution < 1.29 is 9.90 Å². The van der Waals surface area contributed by atoms with Crippen LogP contribution in [0, 0.1) is 5.92 Å². The normalized spacial score (nSPS) is 20.2. The first-order chi connectivity index (χ1) is 4.61. The molecule has 0 bridgehead atoms. The molecule has 10 heavy (non-hydrogen) atoms. The summed E-state index contributed by atoms with van der Waals surface area (Å²) in [5.74, 6) is -0.949. The Morgan fingerprint density at radius 3 is 2.00 bits per heavy atom. The second kappa shape index (κ2) is 3.05. The van der Waals surface area contributed by atoms with Gasteiger partial charge in [-0.15, -0.1) is 0 Å². The first-order valence-corrected chi connectivity index (χ1v) is 4.45. The summed E-state index contributed by atoms with van der Waals surface area (Å²) in [5.41, 5.74) is 0. The third kappa shape index (κ3) is 1.61. The molecule has 4 heteroatoms. The van der Waals surface area contributed by atoms with Crippen LogP contribution in [-0.4, -0.2) is 11.1 Å². The van der Waals surface area contributed by atoms with Crippen molar-refractivity contribution in [3.05, 3.63) is 8.96 Å². The summed E-state index contributed by atoms with van der Waals surface area (Å²) in [4.78, 5) is 10.4. The molecule has 0 saturated carbocycles. The zero-order valence-electron chi connectivity index (χ0n) is 5.10. The van der Waals surface area contributed by atoms with Crippen molar-refractivity contribution in [3.63, 3.8) is 0 Å². The van der Waals surface area contributed by atoms with Crippen molar-refractivity contribution in [2.45, 2.75) is 12.8 Å². The predicted molar refractivity (Wildman–Crippen MR) is 45.2 cm³/mol. The highest BCUT2D eigenvalue weighted by Crippen LogP contribution is 2.38. The van der Waals surface area contributed by atoms with Crippen LogP contribution in [0.4, 0.5) is 0 Å². The van der Waals surface area contributed by atoms with E-state index in [4.69, 9.17) is 5.11 Å². The third-order valence-electron chi connectivity index (χ3n) is 1.49. The summed E-state index contributed by atoms with van der Waals surface area (Å²) in [5, 5.41) is 8.58. The summed E-state index contributed by atoms with van der Waals surface area (Å²) < 4.78 is 1.97. The summed E-state index contributed by atoms with van der Waals surface area (Å²) in [7, 11) is 0. The average Bonchev–Trinajstić information content (AvgIpc) is 2.13. The second-order valence-electron chi connectivity index (χ2n) is 2.25. The fourth-order valence-corrected chi connectivity index (χ4v) is 2.01. The Morgan fingerprint density at radius 1 is 1.40 bits per heavy atom. The van der Waals surface area contributed by atoms with E-state index in [0.717, 1.165) is 8.96 Å². The van der Waals surface area contributed by atoms with Gasteiger partial charge in [-0.25, -0.2) is 0 Å². The van der Waals surface area contributed by atoms with Crippen LogP contribution < -0.4 is 0 Å². The van der Waals surface area contributed by atoms with E-state index in [0.29, 0.717) is 12.8 Å². The molecule has 0 aromatic heterocycles. The molecule has 0 atom stereocenters. The lowest BCUT2D eigenvalue weighted by Gasteiger charge is -1.99. The molecule has 1 N–H and O–H groups in total. The number of carboxylic acids is 1. The van der Waals surface area contributed by atoms with E-state index in [-0.39, 0.29) is 5.92 Å². The van der Waals surface area contributed by atoms with Crippen molar-refractivity contribution in [2.75, 3.05) is 0 Å². The number of allylic oxidation sites excluding steroid dienone is 2. The van der Waals surface area contributed by atoms with Gasteiger partial charge in [0, 0.05) is 8.96 Å². The third-order valence-corrected chi connectivity index (χ3v) is 3.63. The number of rotatable bonds is 1. The van der Waals surface area contributed by atoms with Gasteiger partial charge in [0.15, 0.2) is 0 Å². The van der Waals surface area contributed by atoms with Crippen molar-refractivity contribution in [1.82, 2.24) is 0 Å². The van der Waals surface area contributed by atoms with Crippen molar-refractivity contribution >= 4 is 37.8 Å². The predicted octanol–water partition coefficient (Wildman–Crippen LogP) is 2.48. The summed E-state index contributed by atoms with van der Waals surface area (Å²) in [6.45, 7) is 0. The van der Waals surface area contributed by atoms with Gasteiger partial charge in [-0.3, -0.25) is 4.79 Å². The largest absolute Gasteiger partial charge is 0.481 e. The first kappa shape index (κ1) is 8.27. The minimum atomic E-state index is -0.716. The van der Waals surface area contributed by atoms with Crippen molar-refractivity contribution in [1.29, 1.82) is 0 Å². The maximum Gasteiger partial charge on any atom is 0.307 e. The minimum Gasteiger partial charge on any atom is -0.481 e. The van der Waals surface area contributed by atoms with E-state index < -0.39 is 5.97 Å². The van der Waals surface area contributed by atoms with Gasteiger partial charge in [0.05, 0.1) is 5.92 Å². The first-order valence-electron chi connectivity index (χ1n) is 2.87. The molecule has 2 nitrogen and oxygen atoms in total.